The first kappa shape index (κ1) is 14.5. The van der Waals surface area contributed by atoms with E-state index in [1.807, 2.05) is 6.07 Å². The van der Waals surface area contributed by atoms with Gasteiger partial charge in [-0.05, 0) is 69.8 Å². The number of rotatable bonds is 3. The van der Waals surface area contributed by atoms with Crippen LogP contribution < -0.4 is 5.73 Å². The minimum absolute atomic E-state index is 0.109. The van der Waals surface area contributed by atoms with Crippen molar-refractivity contribution in [1.82, 2.24) is 4.90 Å². The van der Waals surface area contributed by atoms with Gasteiger partial charge in [0.1, 0.15) is 5.82 Å². The van der Waals surface area contributed by atoms with Gasteiger partial charge < -0.3 is 5.73 Å². The molecule has 1 aliphatic heterocycles. The molecule has 0 bridgehead atoms. The van der Waals surface area contributed by atoms with E-state index in [-0.39, 0.29) is 11.9 Å². The van der Waals surface area contributed by atoms with Crippen LogP contribution in [0.1, 0.15) is 43.9 Å². The molecular weight excluding hydrogens is 239 g/mol. The van der Waals surface area contributed by atoms with Crippen LogP contribution in [0.4, 0.5) is 4.39 Å². The van der Waals surface area contributed by atoms with E-state index in [0.29, 0.717) is 24.1 Å². The van der Waals surface area contributed by atoms with Crippen LogP contribution >= 0.6 is 0 Å². The summed E-state index contributed by atoms with van der Waals surface area (Å²) in [5.41, 5.74) is 7.73. The van der Waals surface area contributed by atoms with Gasteiger partial charge in [-0.1, -0.05) is 12.1 Å². The molecule has 1 aliphatic rings. The summed E-state index contributed by atoms with van der Waals surface area (Å²) < 4.78 is 13.8. The summed E-state index contributed by atoms with van der Waals surface area (Å²) >= 11 is 0. The van der Waals surface area contributed by atoms with Crippen molar-refractivity contribution in [2.45, 2.75) is 45.7 Å². The summed E-state index contributed by atoms with van der Waals surface area (Å²) in [5, 5.41) is 0. The number of nitrogens with two attached hydrogens (primary N) is 1. The fourth-order valence-corrected chi connectivity index (χ4v) is 3.19. The van der Waals surface area contributed by atoms with Gasteiger partial charge in [0.15, 0.2) is 0 Å². The van der Waals surface area contributed by atoms with Crippen molar-refractivity contribution in [3.05, 3.63) is 35.1 Å². The zero-order chi connectivity index (χ0) is 14.0. The summed E-state index contributed by atoms with van der Waals surface area (Å²) in [6.45, 7) is 7.96. The normalized spacial score (nSPS) is 24.9. The highest BCUT2D eigenvalue weighted by molar-refractivity contribution is 5.27. The van der Waals surface area contributed by atoms with Gasteiger partial charge in [0.05, 0.1) is 0 Å². The van der Waals surface area contributed by atoms with E-state index in [1.54, 1.807) is 13.0 Å². The lowest BCUT2D eigenvalue weighted by molar-refractivity contribution is 0.0663. The Balaban J connectivity index is 2.36. The molecule has 2 N–H and O–H groups in total. The van der Waals surface area contributed by atoms with Crippen molar-refractivity contribution in [3.8, 4) is 0 Å². The highest BCUT2D eigenvalue weighted by Gasteiger charge is 2.33. The summed E-state index contributed by atoms with van der Waals surface area (Å²) in [6.07, 6.45) is 2.32. The van der Waals surface area contributed by atoms with E-state index in [1.165, 1.54) is 6.42 Å². The van der Waals surface area contributed by atoms with Crippen LogP contribution in [0, 0.1) is 18.7 Å². The molecular formula is C16H25FN2. The maximum absolute atomic E-state index is 13.8. The molecule has 3 heteroatoms. The Labute approximate surface area is 115 Å². The molecule has 0 saturated carbocycles. The first-order valence-electron chi connectivity index (χ1n) is 7.26. The van der Waals surface area contributed by atoms with Gasteiger partial charge in [0.2, 0.25) is 0 Å². The monoisotopic (exact) mass is 264 g/mol. The number of piperidine rings is 1. The highest BCUT2D eigenvalue weighted by Crippen LogP contribution is 2.37. The third-order valence-electron chi connectivity index (χ3n) is 4.30. The Morgan fingerprint density at radius 2 is 2.16 bits per heavy atom. The average molecular weight is 264 g/mol. The number of aryl methyl sites for hydroxylation is 1. The first-order valence-corrected chi connectivity index (χ1v) is 7.26. The van der Waals surface area contributed by atoms with Crippen molar-refractivity contribution in [2.24, 2.45) is 11.7 Å². The largest absolute Gasteiger partial charge is 0.330 e. The van der Waals surface area contributed by atoms with Gasteiger partial charge >= 0.3 is 0 Å². The molecule has 106 valence electrons. The molecule has 0 spiro atoms. The van der Waals surface area contributed by atoms with E-state index in [4.69, 9.17) is 5.73 Å². The van der Waals surface area contributed by atoms with Gasteiger partial charge in [0.25, 0.3) is 0 Å². The third kappa shape index (κ3) is 2.98. The van der Waals surface area contributed by atoms with E-state index in [9.17, 15) is 4.39 Å². The summed E-state index contributed by atoms with van der Waals surface area (Å²) in [6, 6.07) is 6.36. The van der Waals surface area contributed by atoms with Crippen molar-refractivity contribution >= 4 is 0 Å². The Bertz CT molecular complexity index is 431. The van der Waals surface area contributed by atoms with E-state index >= 15 is 0 Å². The Morgan fingerprint density at radius 1 is 1.42 bits per heavy atom. The fourth-order valence-electron chi connectivity index (χ4n) is 3.19. The molecule has 19 heavy (non-hydrogen) atoms. The first-order chi connectivity index (χ1) is 9.04. The molecule has 0 aliphatic carbocycles. The second kappa shape index (κ2) is 6.02. The lowest BCUT2D eigenvalue weighted by Gasteiger charge is -2.43. The topological polar surface area (TPSA) is 29.3 Å². The highest BCUT2D eigenvalue weighted by atomic mass is 19.1. The molecule has 2 unspecified atom stereocenters. The van der Waals surface area contributed by atoms with Gasteiger partial charge in [-0.15, -0.1) is 0 Å². The SMILES string of the molecule is Cc1ccc(C2C(CN)CCCN2C(C)C)cc1F. The number of likely N-dealkylation sites (tertiary alicyclic amines) is 1. The third-order valence-corrected chi connectivity index (χ3v) is 4.30. The van der Waals surface area contributed by atoms with Crippen LogP contribution in [-0.4, -0.2) is 24.0 Å². The van der Waals surface area contributed by atoms with Crippen LogP contribution in [0.5, 0.6) is 0 Å². The average Bonchev–Trinajstić information content (AvgIpc) is 2.41. The van der Waals surface area contributed by atoms with E-state index in [0.717, 1.165) is 18.5 Å². The Hall–Kier alpha value is -0.930. The molecule has 1 saturated heterocycles. The fraction of sp³-hybridized carbons (Fsp3) is 0.625. The van der Waals surface area contributed by atoms with Crippen molar-refractivity contribution in [3.63, 3.8) is 0 Å². The lowest BCUT2D eigenvalue weighted by Crippen LogP contribution is -2.45. The number of hydrogen-bond donors (Lipinski definition) is 1. The molecule has 0 aromatic heterocycles. The lowest BCUT2D eigenvalue weighted by atomic mass is 9.83. The molecule has 1 fully saturated rings. The smallest absolute Gasteiger partial charge is 0.126 e. The predicted molar refractivity (Wildman–Crippen MR) is 77.5 cm³/mol. The van der Waals surface area contributed by atoms with Crippen LogP contribution in [0.15, 0.2) is 18.2 Å². The standard InChI is InChI=1S/C16H25FN2/c1-11(2)19-8-4-5-14(10-18)16(19)13-7-6-12(3)15(17)9-13/h6-7,9,11,14,16H,4-5,8,10,18H2,1-3H3. The molecule has 2 nitrogen and oxygen atoms in total. The predicted octanol–water partition coefficient (Wildman–Crippen LogP) is 3.25. The molecule has 0 radical (unpaired) electrons. The minimum Gasteiger partial charge on any atom is -0.330 e. The quantitative estimate of drug-likeness (QED) is 0.908. The Kier molecular flexibility index (Phi) is 4.58. The van der Waals surface area contributed by atoms with Crippen molar-refractivity contribution in [2.75, 3.05) is 13.1 Å². The van der Waals surface area contributed by atoms with Crippen LogP contribution in [0.3, 0.4) is 0 Å². The minimum atomic E-state index is -0.109. The van der Waals surface area contributed by atoms with E-state index < -0.39 is 0 Å². The van der Waals surface area contributed by atoms with Crippen LogP contribution in [-0.2, 0) is 0 Å². The van der Waals surface area contributed by atoms with Crippen LogP contribution in [0.25, 0.3) is 0 Å². The molecule has 0 amide bonds. The van der Waals surface area contributed by atoms with Crippen molar-refractivity contribution < 1.29 is 4.39 Å². The molecule has 2 atom stereocenters. The molecule has 1 aromatic rings. The number of benzene rings is 1. The maximum Gasteiger partial charge on any atom is 0.126 e. The zero-order valence-corrected chi connectivity index (χ0v) is 12.2. The summed E-state index contributed by atoms with van der Waals surface area (Å²) in [4.78, 5) is 2.46. The second-order valence-electron chi connectivity index (χ2n) is 5.92. The molecule has 1 aromatic carbocycles. The number of hydrogen-bond acceptors (Lipinski definition) is 2. The maximum atomic E-state index is 13.8. The number of nitrogens with zero attached hydrogens (tertiary/aromatic N) is 1. The van der Waals surface area contributed by atoms with Gasteiger partial charge in [-0.3, -0.25) is 4.90 Å². The molecule has 1 heterocycles. The van der Waals surface area contributed by atoms with Gasteiger partial charge in [0, 0.05) is 12.1 Å². The summed E-state index contributed by atoms with van der Waals surface area (Å²) in [5.74, 6) is 0.320. The zero-order valence-electron chi connectivity index (χ0n) is 12.2. The molecule has 2 rings (SSSR count). The Morgan fingerprint density at radius 3 is 2.74 bits per heavy atom. The summed E-state index contributed by atoms with van der Waals surface area (Å²) in [7, 11) is 0. The van der Waals surface area contributed by atoms with Gasteiger partial charge in [-0.2, -0.15) is 0 Å². The second-order valence-corrected chi connectivity index (χ2v) is 5.92. The van der Waals surface area contributed by atoms with Gasteiger partial charge in [-0.25, -0.2) is 4.39 Å². The van der Waals surface area contributed by atoms with E-state index in [2.05, 4.69) is 24.8 Å². The van der Waals surface area contributed by atoms with Crippen LogP contribution in [0.2, 0.25) is 0 Å². The van der Waals surface area contributed by atoms with Crippen molar-refractivity contribution in [1.29, 1.82) is 0 Å². The number of halogens is 1.